The fourth-order valence-corrected chi connectivity index (χ4v) is 4.55. The van der Waals surface area contributed by atoms with Crippen molar-refractivity contribution >= 4 is 45.2 Å². The number of hydrogen-bond acceptors (Lipinski definition) is 8. The minimum atomic E-state index is -1.06. The summed E-state index contributed by atoms with van der Waals surface area (Å²) >= 11 is 5.96. The van der Waals surface area contributed by atoms with Gasteiger partial charge in [-0.15, -0.1) is 0 Å². The van der Waals surface area contributed by atoms with Crippen molar-refractivity contribution in [2.75, 3.05) is 18.3 Å². The number of nitrogens with two attached hydrogens (primary N) is 1. The fraction of sp³-hybridized carbons (Fsp3) is 0.261. The van der Waals surface area contributed by atoms with Crippen molar-refractivity contribution < 1.29 is 19.4 Å². The van der Waals surface area contributed by atoms with Crippen LogP contribution in [0.2, 0.25) is 5.02 Å². The first-order chi connectivity index (χ1) is 16.4. The Bertz CT molecular complexity index is 1430. The zero-order chi connectivity index (χ0) is 24.0. The van der Waals surface area contributed by atoms with Crippen LogP contribution in [0.15, 0.2) is 48.4 Å². The molecule has 0 aliphatic heterocycles. The van der Waals surface area contributed by atoms with Gasteiger partial charge in [0.1, 0.15) is 35.8 Å². The third-order valence-corrected chi connectivity index (χ3v) is 6.40. The average molecular weight is 485 g/mol. The first kappa shape index (κ1) is 22.5. The number of aliphatic hydroxyl groups excluding tert-OH is 2. The van der Waals surface area contributed by atoms with Gasteiger partial charge in [-0.25, -0.2) is 24.8 Å². The Labute approximate surface area is 198 Å². The monoisotopic (exact) mass is 484 g/mol. The maximum absolute atomic E-state index is 14.6. The third kappa shape index (κ3) is 3.84. The molecule has 9 nitrogen and oxygen atoms in total. The summed E-state index contributed by atoms with van der Waals surface area (Å²) in [5, 5.41) is 22.7. The van der Waals surface area contributed by atoms with Crippen molar-refractivity contribution in [1.82, 2.24) is 19.5 Å². The molecule has 11 heteroatoms. The first-order valence-electron chi connectivity index (χ1n) is 10.6. The van der Waals surface area contributed by atoms with E-state index in [0.29, 0.717) is 51.7 Å². The van der Waals surface area contributed by atoms with Gasteiger partial charge in [0.25, 0.3) is 0 Å². The van der Waals surface area contributed by atoms with Crippen LogP contribution in [0.25, 0.3) is 21.9 Å². The van der Waals surface area contributed by atoms with Crippen molar-refractivity contribution in [3.63, 3.8) is 0 Å². The molecular weight excluding hydrogens is 463 g/mol. The minimum absolute atomic E-state index is 0.136. The summed E-state index contributed by atoms with van der Waals surface area (Å²) in [6, 6.07) is 5.92. The summed E-state index contributed by atoms with van der Waals surface area (Å²) in [4.78, 5) is 17.6. The molecule has 0 bridgehead atoms. The van der Waals surface area contributed by atoms with Crippen molar-refractivity contribution in [3.8, 4) is 0 Å². The number of nitrogens with zero attached hydrogens (tertiary/aromatic N) is 4. The van der Waals surface area contributed by atoms with Crippen LogP contribution in [0.5, 0.6) is 0 Å². The summed E-state index contributed by atoms with van der Waals surface area (Å²) in [6.45, 7) is 0. The van der Waals surface area contributed by atoms with Gasteiger partial charge in [0, 0.05) is 11.6 Å². The van der Waals surface area contributed by atoms with Crippen LogP contribution in [-0.2, 0) is 11.3 Å². The Hall–Kier alpha value is -3.31. The molecular formula is C23H22ClFN6O3. The Morgan fingerprint density at radius 3 is 2.82 bits per heavy atom. The van der Waals surface area contributed by atoms with Gasteiger partial charge in [0.05, 0.1) is 29.1 Å². The van der Waals surface area contributed by atoms with Gasteiger partial charge in [0.15, 0.2) is 5.82 Å². The number of fused-ring (bicyclic) bond motifs is 2. The Morgan fingerprint density at radius 2 is 2.03 bits per heavy atom. The largest absolute Gasteiger partial charge is 0.388 e. The second kappa shape index (κ2) is 8.80. The summed E-state index contributed by atoms with van der Waals surface area (Å²) in [5.41, 5.74) is 10.8. The van der Waals surface area contributed by atoms with Gasteiger partial charge >= 0.3 is 0 Å². The maximum atomic E-state index is 14.6. The number of nitrogen functional groups attached to an aromatic ring is 1. The van der Waals surface area contributed by atoms with Crippen LogP contribution in [0, 0.1) is 5.82 Å². The highest BCUT2D eigenvalue weighted by atomic mass is 35.5. The SMILES string of the molecule is CONc1ncnc2c1ccn2[C@@H]1C=C(CCc2cc(F)c3cc(Cl)c(N)nc3c2)[C@@H](O)[C@H]1O. The number of rotatable bonds is 6. The van der Waals surface area contributed by atoms with E-state index >= 15 is 0 Å². The molecule has 1 aromatic carbocycles. The summed E-state index contributed by atoms with van der Waals surface area (Å²) in [6.07, 6.45) is 3.75. The Kier molecular flexibility index (Phi) is 5.82. The van der Waals surface area contributed by atoms with Gasteiger partial charge in [0.2, 0.25) is 0 Å². The number of pyridine rings is 1. The third-order valence-electron chi connectivity index (χ3n) is 6.09. The van der Waals surface area contributed by atoms with Crippen LogP contribution < -0.4 is 11.2 Å². The topological polar surface area (TPSA) is 131 Å². The highest BCUT2D eigenvalue weighted by Gasteiger charge is 2.36. The second-order valence-electron chi connectivity index (χ2n) is 8.16. The fourth-order valence-electron chi connectivity index (χ4n) is 4.40. The molecule has 0 saturated heterocycles. The first-order valence-corrected chi connectivity index (χ1v) is 11.0. The summed E-state index contributed by atoms with van der Waals surface area (Å²) in [5.74, 6) is 0.189. The molecule has 4 aromatic rings. The second-order valence-corrected chi connectivity index (χ2v) is 8.56. The molecule has 176 valence electrons. The molecule has 1 aliphatic rings. The van der Waals surface area contributed by atoms with Gasteiger partial charge < -0.3 is 20.5 Å². The summed E-state index contributed by atoms with van der Waals surface area (Å²) < 4.78 is 16.4. The van der Waals surface area contributed by atoms with E-state index in [-0.39, 0.29) is 10.8 Å². The van der Waals surface area contributed by atoms with Crippen LogP contribution in [-0.4, -0.2) is 49.0 Å². The molecule has 5 N–H and O–H groups in total. The quantitative estimate of drug-likeness (QED) is 0.242. The Morgan fingerprint density at radius 1 is 1.21 bits per heavy atom. The number of aryl methyl sites for hydroxylation is 1. The van der Waals surface area contributed by atoms with E-state index < -0.39 is 24.1 Å². The van der Waals surface area contributed by atoms with Crippen molar-refractivity contribution in [1.29, 1.82) is 0 Å². The number of aromatic nitrogens is 4. The van der Waals surface area contributed by atoms with Crippen molar-refractivity contribution in [3.05, 3.63) is 64.8 Å². The molecule has 0 saturated carbocycles. The zero-order valence-electron chi connectivity index (χ0n) is 18.1. The van der Waals surface area contributed by atoms with E-state index in [1.807, 2.05) is 12.1 Å². The number of nitrogens with one attached hydrogen (secondary N) is 1. The average Bonchev–Trinajstić information content (AvgIpc) is 3.36. The van der Waals surface area contributed by atoms with Crippen LogP contribution in [0.3, 0.4) is 0 Å². The van der Waals surface area contributed by atoms with E-state index in [1.54, 1.807) is 16.8 Å². The molecule has 0 fully saturated rings. The molecule has 1 aliphatic carbocycles. The molecule has 5 rings (SSSR count). The number of anilines is 2. The highest BCUT2D eigenvalue weighted by Crippen LogP contribution is 2.35. The molecule has 3 atom stereocenters. The van der Waals surface area contributed by atoms with E-state index in [2.05, 4.69) is 20.4 Å². The highest BCUT2D eigenvalue weighted by molar-refractivity contribution is 6.33. The Balaban J connectivity index is 1.41. The molecule has 0 unspecified atom stereocenters. The maximum Gasteiger partial charge on any atom is 0.162 e. The number of hydrogen-bond donors (Lipinski definition) is 4. The molecule has 3 heterocycles. The van der Waals surface area contributed by atoms with Gasteiger partial charge in [-0.3, -0.25) is 4.84 Å². The van der Waals surface area contributed by atoms with Gasteiger partial charge in [-0.05, 0) is 48.2 Å². The van der Waals surface area contributed by atoms with Crippen LogP contribution in [0.1, 0.15) is 18.0 Å². The van der Waals surface area contributed by atoms with Crippen LogP contribution in [0.4, 0.5) is 16.0 Å². The predicted molar refractivity (Wildman–Crippen MR) is 127 cm³/mol. The lowest BCUT2D eigenvalue weighted by molar-refractivity contribution is 0.0317. The lowest BCUT2D eigenvalue weighted by atomic mass is 10.0. The van der Waals surface area contributed by atoms with E-state index in [4.69, 9.17) is 22.2 Å². The molecule has 3 aromatic heterocycles. The van der Waals surface area contributed by atoms with Crippen LogP contribution >= 0.6 is 11.6 Å². The molecule has 0 radical (unpaired) electrons. The van der Waals surface area contributed by atoms with E-state index in [9.17, 15) is 14.6 Å². The smallest absolute Gasteiger partial charge is 0.162 e. The molecule has 0 amide bonds. The summed E-state index contributed by atoms with van der Waals surface area (Å²) in [7, 11) is 1.48. The number of benzene rings is 1. The van der Waals surface area contributed by atoms with E-state index in [1.165, 1.54) is 25.6 Å². The number of halogens is 2. The normalized spacial score (nSPS) is 20.3. The zero-order valence-corrected chi connectivity index (χ0v) is 18.9. The minimum Gasteiger partial charge on any atom is -0.388 e. The standard InChI is InChI=1S/C23H22ClFN6O3/c1-34-30-22-13-4-5-31(23(13)28-10-27-22)18-8-12(19(32)20(18)33)3-2-11-6-16(25)14-9-15(24)21(26)29-17(14)7-11/h4-10,18-20,32-33H,2-3H2,1H3,(H2,26,29)(H,27,28,30)/t18-,19-,20+/m1/s1. The molecule has 34 heavy (non-hydrogen) atoms. The van der Waals surface area contributed by atoms with E-state index in [0.717, 1.165) is 0 Å². The molecule has 0 spiro atoms. The van der Waals surface area contributed by atoms with Crippen molar-refractivity contribution in [2.24, 2.45) is 0 Å². The lowest BCUT2D eigenvalue weighted by Gasteiger charge is -2.19. The van der Waals surface area contributed by atoms with Gasteiger partial charge in [-0.2, -0.15) is 0 Å². The predicted octanol–water partition coefficient (Wildman–Crippen LogP) is 3.16. The lowest BCUT2D eigenvalue weighted by Crippen LogP contribution is -2.29. The van der Waals surface area contributed by atoms with Gasteiger partial charge in [-0.1, -0.05) is 17.7 Å². The number of aliphatic hydroxyl groups is 2. The van der Waals surface area contributed by atoms with Crippen molar-refractivity contribution in [2.45, 2.75) is 31.1 Å².